The van der Waals surface area contributed by atoms with Crippen LogP contribution in [0.15, 0.2) is 89.7 Å². The van der Waals surface area contributed by atoms with Crippen molar-refractivity contribution in [3.8, 4) is 11.5 Å². The standard InChI is InChI=1S/C34H35N3O4/c1-37(20-18-24-13-16-30(40-2)31(21-24)41-3)19-17-23-11-14-26(15-12-23)35-32(38)22-25-7-6-9-28-33(25)36-29-10-5-4-8-27(29)34(28)39/h4-16,21H,17-20,22H2,1-3H3,(H,35,38)(H,36,39). The maximum atomic E-state index is 13.0. The Bertz CT molecular complexity index is 1730. The monoisotopic (exact) mass is 549 g/mol. The number of methoxy groups -OCH3 is 2. The van der Waals surface area contributed by atoms with E-state index in [9.17, 15) is 9.59 Å². The molecular weight excluding hydrogens is 514 g/mol. The lowest BCUT2D eigenvalue weighted by Crippen LogP contribution is -2.23. The van der Waals surface area contributed by atoms with Gasteiger partial charge in [-0.25, -0.2) is 0 Å². The normalized spacial score (nSPS) is 11.2. The number of fused-ring (bicyclic) bond motifs is 2. The van der Waals surface area contributed by atoms with Gasteiger partial charge in [0.15, 0.2) is 16.9 Å². The third-order valence-electron chi connectivity index (χ3n) is 7.43. The fourth-order valence-corrected chi connectivity index (χ4v) is 5.07. The maximum Gasteiger partial charge on any atom is 0.228 e. The molecule has 0 unspecified atom stereocenters. The summed E-state index contributed by atoms with van der Waals surface area (Å²) in [5, 5.41) is 4.23. The Kier molecular flexibility index (Phi) is 8.65. The van der Waals surface area contributed by atoms with Crippen LogP contribution in [0.3, 0.4) is 0 Å². The Labute approximate surface area is 239 Å². The van der Waals surface area contributed by atoms with Crippen molar-refractivity contribution in [1.29, 1.82) is 0 Å². The van der Waals surface area contributed by atoms with Crippen LogP contribution in [0.4, 0.5) is 5.69 Å². The molecule has 7 heteroatoms. The number of carbonyl (C=O) groups is 1. The average molecular weight is 550 g/mol. The van der Waals surface area contributed by atoms with Crippen molar-refractivity contribution in [1.82, 2.24) is 9.88 Å². The summed E-state index contributed by atoms with van der Waals surface area (Å²) in [5.74, 6) is 1.36. The number of hydrogen-bond donors (Lipinski definition) is 2. The number of anilines is 1. The Morgan fingerprint density at radius 3 is 2.24 bits per heavy atom. The van der Waals surface area contributed by atoms with Gasteiger partial charge in [0.25, 0.3) is 0 Å². The summed E-state index contributed by atoms with van der Waals surface area (Å²) < 4.78 is 10.7. The summed E-state index contributed by atoms with van der Waals surface area (Å²) in [4.78, 5) is 31.5. The van der Waals surface area contributed by atoms with Crippen LogP contribution in [0.1, 0.15) is 16.7 Å². The summed E-state index contributed by atoms with van der Waals surface area (Å²) in [5.41, 5.74) is 5.39. The van der Waals surface area contributed by atoms with Crippen LogP contribution in [0.25, 0.3) is 21.8 Å². The van der Waals surface area contributed by atoms with Crippen LogP contribution < -0.4 is 20.2 Å². The average Bonchev–Trinajstić information content (AvgIpc) is 3.00. The van der Waals surface area contributed by atoms with Gasteiger partial charge in [0.1, 0.15) is 0 Å². The predicted molar refractivity (Wildman–Crippen MR) is 165 cm³/mol. The van der Waals surface area contributed by atoms with Crippen molar-refractivity contribution in [2.24, 2.45) is 0 Å². The SMILES string of the molecule is COc1ccc(CCN(C)CCc2ccc(NC(=O)Cc3cccc4c(=O)c5ccccc5[nH]c34)cc2)cc1OC. The number of nitrogens with one attached hydrogen (secondary N) is 2. The van der Waals surface area contributed by atoms with Gasteiger partial charge in [-0.05, 0) is 79.0 Å². The molecule has 0 radical (unpaired) electrons. The zero-order chi connectivity index (χ0) is 28.8. The van der Waals surface area contributed by atoms with Crippen LogP contribution in [-0.2, 0) is 24.1 Å². The van der Waals surface area contributed by atoms with E-state index in [1.807, 2.05) is 60.7 Å². The van der Waals surface area contributed by atoms with E-state index in [1.54, 1.807) is 20.3 Å². The first-order chi connectivity index (χ1) is 19.9. The van der Waals surface area contributed by atoms with Gasteiger partial charge >= 0.3 is 0 Å². The number of para-hydroxylation sites is 2. The number of amides is 1. The molecule has 1 aromatic heterocycles. The zero-order valence-corrected chi connectivity index (χ0v) is 23.7. The summed E-state index contributed by atoms with van der Waals surface area (Å²) >= 11 is 0. The molecular formula is C34H35N3O4. The number of aromatic amines is 1. The number of pyridine rings is 1. The summed E-state index contributed by atoms with van der Waals surface area (Å²) in [6, 6.07) is 27.0. The van der Waals surface area contributed by atoms with Crippen molar-refractivity contribution < 1.29 is 14.3 Å². The van der Waals surface area contributed by atoms with Gasteiger partial charge < -0.3 is 24.7 Å². The summed E-state index contributed by atoms with van der Waals surface area (Å²) in [6.07, 6.45) is 1.99. The molecule has 0 fully saturated rings. The molecule has 41 heavy (non-hydrogen) atoms. The van der Waals surface area contributed by atoms with Gasteiger partial charge in [0.05, 0.1) is 26.2 Å². The second-order valence-corrected chi connectivity index (χ2v) is 10.3. The summed E-state index contributed by atoms with van der Waals surface area (Å²) in [6.45, 7) is 1.85. The van der Waals surface area contributed by atoms with Gasteiger partial charge in [-0.2, -0.15) is 0 Å². The first-order valence-corrected chi connectivity index (χ1v) is 13.8. The highest BCUT2D eigenvalue weighted by molar-refractivity contribution is 5.98. The van der Waals surface area contributed by atoms with Gasteiger partial charge in [-0.15, -0.1) is 0 Å². The molecule has 0 atom stereocenters. The van der Waals surface area contributed by atoms with Crippen LogP contribution in [0, 0.1) is 0 Å². The van der Waals surface area contributed by atoms with E-state index < -0.39 is 0 Å². The lowest BCUT2D eigenvalue weighted by Gasteiger charge is -2.17. The number of ether oxygens (including phenoxy) is 2. The number of benzene rings is 4. The molecule has 1 amide bonds. The molecule has 4 aromatic carbocycles. The highest BCUT2D eigenvalue weighted by Crippen LogP contribution is 2.27. The number of nitrogens with zero attached hydrogens (tertiary/aromatic N) is 1. The lowest BCUT2D eigenvalue weighted by atomic mass is 10.0. The number of H-pyrrole nitrogens is 1. The molecule has 7 nitrogen and oxygen atoms in total. The van der Waals surface area contributed by atoms with E-state index in [4.69, 9.17) is 9.47 Å². The van der Waals surface area contributed by atoms with Crippen LogP contribution in [0.5, 0.6) is 11.5 Å². The molecule has 0 saturated carbocycles. The predicted octanol–water partition coefficient (Wildman–Crippen LogP) is 5.60. The van der Waals surface area contributed by atoms with E-state index in [0.717, 1.165) is 54.2 Å². The van der Waals surface area contributed by atoms with Gasteiger partial charge in [-0.1, -0.05) is 42.5 Å². The Morgan fingerprint density at radius 1 is 0.805 bits per heavy atom. The Morgan fingerprint density at radius 2 is 1.49 bits per heavy atom. The second-order valence-electron chi connectivity index (χ2n) is 10.3. The van der Waals surface area contributed by atoms with Gasteiger partial charge in [0.2, 0.25) is 5.91 Å². The fourth-order valence-electron chi connectivity index (χ4n) is 5.07. The zero-order valence-electron chi connectivity index (χ0n) is 23.7. The number of aromatic nitrogens is 1. The topological polar surface area (TPSA) is 83.7 Å². The molecule has 5 rings (SSSR count). The first kappa shape index (κ1) is 27.9. The third kappa shape index (κ3) is 6.58. The van der Waals surface area contributed by atoms with Crippen molar-refractivity contribution in [2.45, 2.75) is 19.3 Å². The number of hydrogen-bond acceptors (Lipinski definition) is 5. The number of rotatable bonds is 11. The van der Waals surface area contributed by atoms with Crippen LogP contribution in [-0.4, -0.2) is 50.1 Å². The molecule has 0 saturated heterocycles. The Balaban J connectivity index is 1.14. The van der Waals surface area contributed by atoms with Gasteiger partial charge in [0, 0.05) is 35.1 Å². The Hall–Kier alpha value is -4.62. The van der Waals surface area contributed by atoms with E-state index in [-0.39, 0.29) is 17.8 Å². The fraction of sp³-hybridized carbons (Fsp3) is 0.235. The first-order valence-electron chi connectivity index (χ1n) is 13.8. The molecule has 0 aliphatic carbocycles. The van der Waals surface area contributed by atoms with Crippen LogP contribution in [0.2, 0.25) is 0 Å². The van der Waals surface area contributed by atoms with Crippen molar-refractivity contribution >= 4 is 33.4 Å². The highest BCUT2D eigenvalue weighted by Gasteiger charge is 2.12. The minimum absolute atomic E-state index is 0.0289. The molecule has 0 aliphatic heterocycles. The quantitative estimate of drug-likeness (QED) is 0.210. The molecule has 0 bridgehead atoms. The van der Waals surface area contributed by atoms with E-state index in [0.29, 0.717) is 16.3 Å². The molecule has 1 heterocycles. The molecule has 210 valence electrons. The van der Waals surface area contributed by atoms with Crippen LogP contribution >= 0.6 is 0 Å². The van der Waals surface area contributed by atoms with E-state index in [2.05, 4.69) is 40.4 Å². The molecule has 0 aliphatic rings. The van der Waals surface area contributed by atoms with Crippen molar-refractivity contribution in [3.05, 3.63) is 112 Å². The van der Waals surface area contributed by atoms with E-state index >= 15 is 0 Å². The van der Waals surface area contributed by atoms with Gasteiger partial charge in [-0.3, -0.25) is 9.59 Å². The molecule has 2 N–H and O–H groups in total. The van der Waals surface area contributed by atoms with E-state index in [1.165, 1.54) is 11.1 Å². The highest BCUT2D eigenvalue weighted by atomic mass is 16.5. The molecule has 0 spiro atoms. The lowest BCUT2D eigenvalue weighted by molar-refractivity contribution is -0.115. The maximum absolute atomic E-state index is 13.0. The third-order valence-corrected chi connectivity index (χ3v) is 7.43. The number of likely N-dealkylation sites (N-methyl/N-ethyl adjacent to an activating group) is 1. The minimum Gasteiger partial charge on any atom is -0.493 e. The smallest absolute Gasteiger partial charge is 0.228 e. The second kappa shape index (κ2) is 12.7. The number of carbonyl (C=O) groups excluding carboxylic acids is 1. The molecule has 5 aromatic rings. The minimum atomic E-state index is -0.130. The largest absolute Gasteiger partial charge is 0.493 e. The van der Waals surface area contributed by atoms with Crippen molar-refractivity contribution in [2.75, 3.05) is 39.7 Å². The van der Waals surface area contributed by atoms with Crippen molar-refractivity contribution in [3.63, 3.8) is 0 Å². The summed E-state index contributed by atoms with van der Waals surface area (Å²) in [7, 11) is 5.42.